The summed E-state index contributed by atoms with van der Waals surface area (Å²) >= 11 is 3.34. The Morgan fingerprint density at radius 3 is 2.74 bits per heavy atom. The van der Waals surface area contributed by atoms with E-state index in [2.05, 4.69) is 26.2 Å². The molecule has 0 radical (unpaired) electrons. The van der Waals surface area contributed by atoms with Gasteiger partial charge in [0.25, 0.3) is 0 Å². The Labute approximate surface area is 189 Å². The summed E-state index contributed by atoms with van der Waals surface area (Å²) in [5.41, 5.74) is 6.42. The van der Waals surface area contributed by atoms with E-state index in [9.17, 15) is 14.0 Å². The summed E-state index contributed by atoms with van der Waals surface area (Å²) in [6.45, 7) is 4.96. The van der Waals surface area contributed by atoms with Gasteiger partial charge in [-0.15, -0.1) is 0 Å². The molecule has 1 aromatic rings. The van der Waals surface area contributed by atoms with E-state index in [1.807, 2.05) is 4.90 Å². The van der Waals surface area contributed by atoms with Crippen molar-refractivity contribution in [3.63, 3.8) is 0 Å². The van der Waals surface area contributed by atoms with Crippen LogP contribution >= 0.6 is 15.9 Å². The number of halogens is 2. The van der Waals surface area contributed by atoms with Gasteiger partial charge >= 0.3 is 12.1 Å². The van der Waals surface area contributed by atoms with Crippen LogP contribution in [0.3, 0.4) is 0 Å². The standard InChI is InChI=1S/C20H28BrFN6O3/c1-14(23)25-12-16-13-28(20(30)31-16)15-3-4-18(17(22)11-15)26-7-9-27(10-8-26)19(29)24-6-2-5-21/h3-4,11,16H,2,5-10,12-13H2,1H3,(H2,23,25)(H,24,29)/t16-/m0/s1. The Morgan fingerprint density at radius 1 is 1.35 bits per heavy atom. The second-order valence-electron chi connectivity index (χ2n) is 7.48. The van der Waals surface area contributed by atoms with Gasteiger partial charge in [0.15, 0.2) is 0 Å². The lowest BCUT2D eigenvalue weighted by Crippen LogP contribution is -2.52. The number of cyclic esters (lactones) is 1. The Balaban J connectivity index is 1.57. The number of benzene rings is 1. The molecule has 3 N–H and O–H groups in total. The first-order valence-electron chi connectivity index (χ1n) is 10.3. The molecule has 2 aliphatic heterocycles. The number of rotatable bonds is 7. The van der Waals surface area contributed by atoms with Crippen LogP contribution in [0.4, 0.5) is 25.4 Å². The van der Waals surface area contributed by atoms with Crippen LogP contribution in [0.5, 0.6) is 0 Å². The van der Waals surface area contributed by atoms with Crippen LogP contribution in [-0.2, 0) is 4.74 Å². The number of carbonyl (C=O) groups is 2. The number of nitrogens with one attached hydrogen (secondary N) is 1. The second kappa shape index (κ2) is 10.7. The van der Waals surface area contributed by atoms with E-state index in [-0.39, 0.29) is 19.1 Å². The molecular formula is C20H28BrFN6O3. The van der Waals surface area contributed by atoms with Crippen molar-refractivity contribution in [2.45, 2.75) is 19.4 Å². The second-order valence-corrected chi connectivity index (χ2v) is 8.28. The fraction of sp³-hybridized carbons (Fsp3) is 0.550. The molecule has 1 atom stereocenters. The van der Waals surface area contributed by atoms with Crippen molar-refractivity contribution < 1.29 is 18.7 Å². The van der Waals surface area contributed by atoms with Crippen molar-refractivity contribution in [2.75, 3.05) is 60.9 Å². The van der Waals surface area contributed by atoms with E-state index in [4.69, 9.17) is 10.5 Å². The van der Waals surface area contributed by atoms with Crippen LogP contribution in [0.1, 0.15) is 13.3 Å². The van der Waals surface area contributed by atoms with Gasteiger partial charge in [-0.05, 0) is 31.5 Å². The Morgan fingerprint density at radius 2 is 2.10 bits per heavy atom. The summed E-state index contributed by atoms with van der Waals surface area (Å²) in [6.07, 6.45) is -0.0712. The quantitative estimate of drug-likeness (QED) is 0.259. The number of amides is 3. The van der Waals surface area contributed by atoms with Crippen molar-refractivity contribution >= 4 is 45.3 Å². The predicted octanol–water partition coefficient (Wildman–Crippen LogP) is 2.14. The number of aliphatic imine (C=N–C) groups is 1. The van der Waals surface area contributed by atoms with E-state index < -0.39 is 18.0 Å². The van der Waals surface area contributed by atoms with Crippen LogP contribution in [0.15, 0.2) is 23.2 Å². The molecule has 9 nitrogen and oxygen atoms in total. The van der Waals surface area contributed by atoms with Gasteiger partial charge in [-0.25, -0.2) is 14.0 Å². The van der Waals surface area contributed by atoms with Crippen LogP contribution in [0, 0.1) is 5.82 Å². The van der Waals surface area contributed by atoms with Crippen molar-refractivity contribution in [1.29, 1.82) is 0 Å². The zero-order valence-electron chi connectivity index (χ0n) is 17.5. The maximum absolute atomic E-state index is 14.9. The fourth-order valence-corrected chi connectivity index (χ4v) is 3.80. The zero-order chi connectivity index (χ0) is 22.4. The number of nitrogens with two attached hydrogens (primary N) is 1. The summed E-state index contributed by atoms with van der Waals surface area (Å²) < 4.78 is 20.2. The van der Waals surface area contributed by atoms with E-state index in [1.54, 1.807) is 24.0 Å². The smallest absolute Gasteiger partial charge is 0.414 e. The number of hydrogen-bond donors (Lipinski definition) is 2. The van der Waals surface area contributed by atoms with E-state index in [1.165, 1.54) is 11.0 Å². The van der Waals surface area contributed by atoms with Crippen LogP contribution in [0.2, 0.25) is 0 Å². The molecule has 31 heavy (non-hydrogen) atoms. The highest BCUT2D eigenvalue weighted by Crippen LogP contribution is 2.28. The number of ether oxygens (including phenoxy) is 1. The summed E-state index contributed by atoms with van der Waals surface area (Å²) in [5.74, 6) is 0.00112. The third kappa shape index (κ3) is 5.99. The molecule has 0 unspecified atom stereocenters. The van der Waals surface area contributed by atoms with Crippen molar-refractivity contribution in [1.82, 2.24) is 10.2 Å². The van der Waals surface area contributed by atoms with Crippen molar-refractivity contribution in [3.8, 4) is 0 Å². The van der Waals surface area contributed by atoms with Gasteiger partial charge in [-0.1, -0.05) is 15.9 Å². The fourth-order valence-electron chi connectivity index (χ4n) is 3.52. The average Bonchev–Trinajstić information content (AvgIpc) is 3.13. The molecule has 0 aromatic heterocycles. The molecule has 11 heteroatoms. The Bertz CT molecular complexity index is 827. The largest absolute Gasteiger partial charge is 0.442 e. The maximum Gasteiger partial charge on any atom is 0.414 e. The van der Waals surface area contributed by atoms with Gasteiger partial charge in [0.2, 0.25) is 0 Å². The lowest BCUT2D eigenvalue weighted by atomic mass is 10.2. The first-order valence-corrected chi connectivity index (χ1v) is 11.4. The summed E-state index contributed by atoms with van der Waals surface area (Å²) in [5, 5.41) is 3.72. The maximum atomic E-state index is 14.9. The zero-order valence-corrected chi connectivity index (χ0v) is 19.1. The van der Waals surface area contributed by atoms with Gasteiger partial charge in [-0.3, -0.25) is 9.89 Å². The lowest BCUT2D eigenvalue weighted by molar-refractivity contribution is 0.145. The predicted molar refractivity (Wildman–Crippen MR) is 122 cm³/mol. The van der Waals surface area contributed by atoms with Gasteiger partial charge in [0.05, 0.1) is 30.3 Å². The molecule has 2 heterocycles. The van der Waals surface area contributed by atoms with E-state index in [0.717, 1.165) is 11.8 Å². The third-order valence-electron chi connectivity index (χ3n) is 5.16. The number of nitrogens with zero attached hydrogens (tertiary/aromatic N) is 4. The molecule has 0 bridgehead atoms. The summed E-state index contributed by atoms with van der Waals surface area (Å²) in [4.78, 5) is 33.4. The monoisotopic (exact) mass is 498 g/mol. The number of piperazine rings is 1. The molecule has 1 aromatic carbocycles. The molecule has 3 amide bonds. The highest BCUT2D eigenvalue weighted by Gasteiger charge is 2.33. The average molecular weight is 499 g/mol. The summed E-state index contributed by atoms with van der Waals surface area (Å²) in [7, 11) is 0. The number of urea groups is 1. The van der Waals surface area contributed by atoms with Gasteiger partial charge in [-0.2, -0.15) is 0 Å². The molecule has 2 fully saturated rings. The highest BCUT2D eigenvalue weighted by molar-refractivity contribution is 9.09. The van der Waals surface area contributed by atoms with Crippen LogP contribution in [0.25, 0.3) is 0 Å². The van der Waals surface area contributed by atoms with Crippen LogP contribution in [-0.4, -0.2) is 80.1 Å². The minimum absolute atomic E-state index is 0.0901. The molecule has 2 saturated heterocycles. The third-order valence-corrected chi connectivity index (χ3v) is 5.72. The summed E-state index contributed by atoms with van der Waals surface area (Å²) in [6, 6.07) is 4.63. The topological polar surface area (TPSA) is 104 Å². The highest BCUT2D eigenvalue weighted by atomic mass is 79.9. The number of carbonyl (C=O) groups excluding carboxylic acids is 2. The van der Waals surface area contributed by atoms with Crippen LogP contribution < -0.4 is 20.9 Å². The van der Waals surface area contributed by atoms with E-state index in [0.29, 0.717) is 49.9 Å². The Kier molecular flexibility index (Phi) is 7.94. The normalized spacial score (nSPS) is 19.6. The minimum atomic E-state index is -0.526. The van der Waals surface area contributed by atoms with Crippen molar-refractivity contribution in [3.05, 3.63) is 24.0 Å². The molecule has 2 aliphatic rings. The Hall–Kier alpha value is -2.56. The van der Waals surface area contributed by atoms with E-state index >= 15 is 0 Å². The molecule has 0 spiro atoms. The first kappa shape index (κ1) is 23.1. The molecule has 0 saturated carbocycles. The number of alkyl halides is 1. The first-order chi connectivity index (χ1) is 14.9. The number of hydrogen-bond acceptors (Lipinski definition) is 5. The number of anilines is 2. The number of amidine groups is 1. The molecule has 170 valence electrons. The molecule has 0 aliphatic carbocycles. The molecular weight excluding hydrogens is 471 g/mol. The SMILES string of the molecule is CC(N)=NC[C@H]1CN(c2ccc(N3CCN(C(=O)NCCCBr)CC3)c(F)c2)C(=O)O1. The van der Waals surface area contributed by atoms with Gasteiger partial charge in [0.1, 0.15) is 11.9 Å². The van der Waals surface area contributed by atoms with Crippen molar-refractivity contribution in [2.24, 2.45) is 10.7 Å². The minimum Gasteiger partial charge on any atom is -0.442 e. The molecule has 3 rings (SSSR count). The van der Waals surface area contributed by atoms with Gasteiger partial charge < -0.3 is 25.6 Å². The lowest BCUT2D eigenvalue weighted by Gasteiger charge is -2.36. The van der Waals surface area contributed by atoms with Gasteiger partial charge in [0, 0.05) is 38.1 Å².